The number of carbonyl (C=O) groups is 1. The first-order valence-electron chi connectivity index (χ1n) is 4.74. The first-order valence-corrected chi connectivity index (χ1v) is 4.74. The lowest BCUT2D eigenvalue weighted by Crippen LogP contribution is -2.61. The van der Waals surface area contributed by atoms with Gasteiger partial charge in [-0.1, -0.05) is 0 Å². The minimum atomic E-state index is -0.336. The van der Waals surface area contributed by atoms with E-state index in [1.165, 1.54) is 0 Å². The smallest absolute Gasteiger partial charge is 0.211 e. The molecule has 13 heavy (non-hydrogen) atoms. The first-order chi connectivity index (χ1) is 6.08. The summed E-state index contributed by atoms with van der Waals surface area (Å²) in [6.07, 6.45) is 3.91. The lowest BCUT2D eigenvalue weighted by Gasteiger charge is -2.45. The van der Waals surface area contributed by atoms with E-state index < -0.39 is 0 Å². The lowest BCUT2D eigenvalue weighted by molar-refractivity contribution is -0.127. The van der Waals surface area contributed by atoms with Crippen LogP contribution in [-0.2, 0) is 4.79 Å². The highest BCUT2D eigenvalue weighted by Gasteiger charge is 2.37. The van der Waals surface area contributed by atoms with E-state index >= 15 is 0 Å². The summed E-state index contributed by atoms with van der Waals surface area (Å²) in [5.74, 6) is 0. The Bertz CT molecular complexity index is 178. The van der Waals surface area contributed by atoms with Crippen LogP contribution in [0, 0.1) is 0 Å². The summed E-state index contributed by atoms with van der Waals surface area (Å²) in [5.41, 5.74) is 5.68. The maximum atomic E-state index is 10.8. The summed E-state index contributed by atoms with van der Waals surface area (Å²) in [6, 6.07) is 0. The predicted octanol–water partition coefficient (Wildman–Crippen LogP) is -0.155. The van der Waals surface area contributed by atoms with E-state index in [9.17, 15) is 4.79 Å². The molecule has 1 aliphatic rings. The van der Waals surface area contributed by atoms with Crippen molar-refractivity contribution in [2.75, 3.05) is 27.2 Å². The molecule has 1 amide bonds. The van der Waals surface area contributed by atoms with Crippen LogP contribution in [0.15, 0.2) is 0 Å². The molecule has 0 aliphatic heterocycles. The van der Waals surface area contributed by atoms with Crippen molar-refractivity contribution in [2.45, 2.75) is 24.9 Å². The molecular formula is C9H19N3O. The molecule has 0 heterocycles. The van der Waals surface area contributed by atoms with Gasteiger partial charge >= 0.3 is 0 Å². The van der Waals surface area contributed by atoms with Gasteiger partial charge in [-0.15, -0.1) is 0 Å². The number of hydrogen-bond acceptors (Lipinski definition) is 3. The van der Waals surface area contributed by atoms with Gasteiger partial charge in [0.1, 0.15) is 0 Å². The van der Waals surface area contributed by atoms with E-state index in [-0.39, 0.29) is 5.66 Å². The van der Waals surface area contributed by atoms with E-state index in [1.807, 2.05) is 14.1 Å². The van der Waals surface area contributed by atoms with E-state index in [2.05, 4.69) is 4.90 Å². The Balaban J connectivity index is 2.38. The highest BCUT2D eigenvalue weighted by atomic mass is 16.1. The number of likely N-dealkylation sites (N-methyl/N-ethyl adjacent to an activating group) is 1. The molecule has 0 unspecified atom stereocenters. The van der Waals surface area contributed by atoms with Crippen LogP contribution in [0.25, 0.3) is 0 Å². The quantitative estimate of drug-likeness (QED) is 0.478. The molecule has 0 atom stereocenters. The van der Waals surface area contributed by atoms with E-state index in [4.69, 9.17) is 5.73 Å². The third-order valence-electron chi connectivity index (χ3n) is 2.71. The third kappa shape index (κ3) is 2.42. The Morgan fingerprint density at radius 1 is 1.38 bits per heavy atom. The number of nitrogens with zero attached hydrogens (tertiary/aromatic N) is 2. The van der Waals surface area contributed by atoms with E-state index in [0.29, 0.717) is 0 Å². The van der Waals surface area contributed by atoms with Crippen molar-refractivity contribution < 1.29 is 4.79 Å². The van der Waals surface area contributed by atoms with Crippen LogP contribution in [0.4, 0.5) is 0 Å². The predicted molar refractivity (Wildman–Crippen MR) is 52.1 cm³/mol. The molecule has 4 nitrogen and oxygen atoms in total. The molecule has 0 aromatic rings. The van der Waals surface area contributed by atoms with Crippen molar-refractivity contribution >= 4 is 6.41 Å². The van der Waals surface area contributed by atoms with Crippen LogP contribution in [0.3, 0.4) is 0 Å². The van der Waals surface area contributed by atoms with Gasteiger partial charge in [0.25, 0.3) is 0 Å². The SMILES string of the molecule is CN(C)CCN(C=O)C1(N)CCC1. The second-order valence-corrected chi connectivity index (χ2v) is 4.06. The summed E-state index contributed by atoms with van der Waals surface area (Å²) in [5, 5.41) is 0. The molecule has 0 aromatic heterocycles. The van der Waals surface area contributed by atoms with Gasteiger partial charge in [-0.25, -0.2) is 0 Å². The molecule has 1 saturated carbocycles. The number of hydrogen-bond donors (Lipinski definition) is 1. The van der Waals surface area contributed by atoms with Crippen molar-refractivity contribution in [2.24, 2.45) is 5.73 Å². The van der Waals surface area contributed by atoms with Gasteiger partial charge in [0.05, 0.1) is 5.66 Å². The molecule has 2 N–H and O–H groups in total. The summed E-state index contributed by atoms with van der Waals surface area (Å²) < 4.78 is 0. The van der Waals surface area contributed by atoms with Crippen LogP contribution >= 0.6 is 0 Å². The zero-order chi connectivity index (χ0) is 9.90. The largest absolute Gasteiger partial charge is 0.326 e. The number of amides is 1. The van der Waals surface area contributed by atoms with Crippen LogP contribution in [0.5, 0.6) is 0 Å². The Morgan fingerprint density at radius 3 is 2.31 bits per heavy atom. The average Bonchev–Trinajstić information content (AvgIpc) is 2.01. The highest BCUT2D eigenvalue weighted by Crippen LogP contribution is 2.31. The third-order valence-corrected chi connectivity index (χ3v) is 2.71. The summed E-state index contributed by atoms with van der Waals surface area (Å²) in [4.78, 5) is 14.6. The minimum Gasteiger partial charge on any atom is -0.326 e. The van der Waals surface area contributed by atoms with E-state index in [0.717, 1.165) is 38.8 Å². The zero-order valence-electron chi connectivity index (χ0n) is 8.49. The van der Waals surface area contributed by atoms with Gasteiger partial charge in [0.2, 0.25) is 6.41 Å². The molecule has 1 fully saturated rings. The monoisotopic (exact) mass is 185 g/mol. The summed E-state index contributed by atoms with van der Waals surface area (Å²) in [7, 11) is 3.99. The number of carbonyl (C=O) groups excluding carboxylic acids is 1. The van der Waals surface area contributed by atoms with Crippen LogP contribution in [-0.4, -0.2) is 49.1 Å². The molecule has 0 aromatic carbocycles. The molecule has 0 bridgehead atoms. The van der Waals surface area contributed by atoms with Crippen LogP contribution in [0.2, 0.25) is 0 Å². The van der Waals surface area contributed by atoms with Gasteiger partial charge < -0.3 is 15.5 Å². The number of nitrogens with two attached hydrogens (primary N) is 1. The average molecular weight is 185 g/mol. The fourth-order valence-electron chi connectivity index (χ4n) is 1.51. The molecule has 1 rings (SSSR count). The van der Waals surface area contributed by atoms with Gasteiger partial charge in [0, 0.05) is 13.1 Å². The molecule has 0 saturated heterocycles. The molecular weight excluding hydrogens is 166 g/mol. The van der Waals surface area contributed by atoms with Crippen molar-refractivity contribution in [3.63, 3.8) is 0 Å². The lowest BCUT2D eigenvalue weighted by atomic mass is 9.84. The zero-order valence-corrected chi connectivity index (χ0v) is 8.49. The Morgan fingerprint density at radius 2 is 2.00 bits per heavy atom. The van der Waals surface area contributed by atoms with Crippen LogP contribution < -0.4 is 5.73 Å². The Kier molecular flexibility index (Phi) is 3.27. The molecule has 76 valence electrons. The van der Waals surface area contributed by atoms with Crippen molar-refractivity contribution in [1.29, 1.82) is 0 Å². The van der Waals surface area contributed by atoms with Gasteiger partial charge in [0.15, 0.2) is 0 Å². The fraction of sp³-hybridized carbons (Fsp3) is 0.889. The maximum Gasteiger partial charge on any atom is 0.211 e. The second-order valence-electron chi connectivity index (χ2n) is 4.06. The second kappa shape index (κ2) is 4.07. The minimum absolute atomic E-state index is 0.336. The molecule has 4 heteroatoms. The topological polar surface area (TPSA) is 49.6 Å². The number of rotatable bonds is 5. The summed E-state index contributed by atoms with van der Waals surface area (Å²) in [6.45, 7) is 1.60. The maximum absolute atomic E-state index is 10.8. The Labute approximate surface area is 79.7 Å². The first kappa shape index (κ1) is 10.5. The van der Waals surface area contributed by atoms with Crippen molar-refractivity contribution in [3.05, 3.63) is 0 Å². The van der Waals surface area contributed by atoms with Gasteiger partial charge in [-0.3, -0.25) is 4.79 Å². The Hall–Kier alpha value is -0.610. The van der Waals surface area contributed by atoms with Crippen molar-refractivity contribution in [1.82, 2.24) is 9.80 Å². The molecule has 1 aliphatic carbocycles. The van der Waals surface area contributed by atoms with E-state index in [1.54, 1.807) is 4.90 Å². The fourth-order valence-corrected chi connectivity index (χ4v) is 1.51. The van der Waals surface area contributed by atoms with Crippen LogP contribution in [0.1, 0.15) is 19.3 Å². The van der Waals surface area contributed by atoms with Gasteiger partial charge in [-0.2, -0.15) is 0 Å². The molecule has 0 radical (unpaired) electrons. The highest BCUT2D eigenvalue weighted by molar-refractivity contribution is 5.49. The normalized spacial score (nSPS) is 19.7. The van der Waals surface area contributed by atoms with Crippen molar-refractivity contribution in [3.8, 4) is 0 Å². The standard InChI is InChI=1S/C9H19N3O/c1-11(2)6-7-12(8-13)9(10)4-3-5-9/h8H,3-7,10H2,1-2H3. The molecule has 0 spiro atoms. The summed E-state index contributed by atoms with van der Waals surface area (Å²) >= 11 is 0. The van der Waals surface area contributed by atoms with Gasteiger partial charge in [-0.05, 0) is 33.4 Å².